The summed E-state index contributed by atoms with van der Waals surface area (Å²) in [6.07, 6.45) is 12.0. The Hall–Kier alpha value is -3.23. The number of aromatic nitrogens is 3. The quantitative estimate of drug-likeness (QED) is 0.467. The molecule has 2 atom stereocenters. The van der Waals surface area contributed by atoms with Crippen LogP contribution in [0.5, 0.6) is 0 Å². The molecule has 1 amide bonds. The molecule has 8 heteroatoms. The maximum atomic E-state index is 12.6. The van der Waals surface area contributed by atoms with E-state index in [1.807, 2.05) is 47.7 Å². The summed E-state index contributed by atoms with van der Waals surface area (Å²) in [7, 11) is 0. The average Bonchev–Trinajstić information content (AvgIpc) is 3.44. The van der Waals surface area contributed by atoms with Crippen molar-refractivity contribution in [3.8, 4) is 16.8 Å². The fourth-order valence-corrected chi connectivity index (χ4v) is 5.57. The first-order valence-electron chi connectivity index (χ1n) is 14.0. The summed E-state index contributed by atoms with van der Waals surface area (Å²) < 4.78 is 7.51. The predicted molar refractivity (Wildman–Crippen MR) is 149 cm³/mol. The van der Waals surface area contributed by atoms with Crippen LogP contribution in [0, 0.1) is 18.8 Å². The van der Waals surface area contributed by atoms with Crippen molar-refractivity contribution in [1.29, 1.82) is 0 Å². The number of nitrogens with zero attached hydrogens (tertiary/aromatic N) is 4. The molecule has 2 aromatic heterocycles. The van der Waals surface area contributed by atoms with Crippen molar-refractivity contribution in [3.05, 3.63) is 60.2 Å². The zero-order chi connectivity index (χ0) is 26.1. The van der Waals surface area contributed by atoms with Crippen LogP contribution in [0.1, 0.15) is 48.5 Å². The number of aryl methyl sites for hydroxylation is 1. The Balaban J connectivity index is 1.09. The van der Waals surface area contributed by atoms with Crippen LogP contribution < -0.4 is 10.6 Å². The first kappa shape index (κ1) is 25.1. The molecule has 3 aromatic rings. The molecular weight excluding hydrogens is 476 g/mol. The summed E-state index contributed by atoms with van der Waals surface area (Å²) in [6.45, 7) is 9.58. The van der Waals surface area contributed by atoms with Gasteiger partial charge in [-0.2, -0.15) is 5.10 Å². The Morgan fingerprint density at radius 1 is 1.05 bits per heavy atom. The van der Waals surface area contributed by atoms with E-state index in [-0.39, 0.29) is 5.91 Å². The minimum atomic E-state index is -0.00272. The van der Waals surface area contributed by atoms with E-state index in [0.29, 0.717) is 29.5 Å². The number of hydrogen-bond donors (Lipinski definition) is 2. The van der Waals surface area contributed by atoms with Crippen LogP contribution in [0.25, 0.3) is 16.8 Å². The number of carbonyl (C=O) groups is 1. The first-order valence-corrected chi connectivity index (χ1v) is 14.0. The van der Waals surface area contributed by atoms with Gasteiger partial charge in [-0.25, -0.2) is 4.68 Å². The first-order chi connectivity index (χ1) is 18.5. The summed E-state index contributed by atoms with van der Waals surface area (Å²) in [5.74, 6) is 1.34. The number of ether oxygens (including phenoxy) is 1. The summed E-state index contributed by atoms with van der Waals surface area (Å²) in [6, 6.07) is 8.77. The van der Waals surface area contributed by atoms with E-state index in [0.717, 1.165) is 86.6 Å². The van der Waals surface area contributed by atoms with Gasteiger partial charge >= 0.3 is 0 Å². The molecule has 200 valence electrons. The van der Waals surface area contributed by atoms with E-state index in [4.69, 9.17) is 4.74 Å². The Kier molecular flexibility index (Phi) is 7.17. The third-order valence-electron chi connectivity index (χ3n) is 8.26. The molecule has 2 saturated heterocycles. The van der Waals surface area contributed by atoms with Gasteiger partial charge in [0.05, 0.1) is 36.6 Å². The van der Waals surface area contributed by atoms with Gasteiger partial charge in [-0.05, 0) is 73.8 Å². The second kappa shape index (κ2) is 10.9. The molecule has 2 aliphatic heterocycles. The minimum Gasteiger partial charge on any atom is -0.381 e. The van der Waals surface area contributed by atoms with E-state index in [2.05, 4.69) is 45.5 Å². The topological polar surface area (TPSA) is 84.3 Å². The van der Waals surface area contributed by atoms with Gasteiger partial charge in [-0.1, -0.05) is 13.0 Å². The average molecular weight is 515 g/mol. The lowest BCUT2D eigenvalue weighted by atomic mass is 9.96. The highest BCUT2D eigenvalue weighted by molar-refractivity contribution is 5.96. The van der Waals surface area contributed by atoms with Gasteiger partial charge in [-0.3, -0.25) is 9.78 Å². The molecule has 0 bridgehead atoms. The molecule has 6 rings (SSSR count). The van der Waals surface area contributed by atoms with Gasteiger partial charge in [0.1, 0.15) is 0 Å². The third kappa shape index (κ3) is 5.76. The normalized spacial score (nSPS) is 22.5. The van der Waals surface area contributed by atoms with E-state index < -0.39 is 0 Å². The monoisotopic (exact) mass is 514 g/mol. The highest BCUT2D eigenvalue weighted by Gasteiger charge is 2.28. The van der Waals surface area contributed by atoms with Crippen molar-refractivity contribution < 1.29 is 9.53 Å². The lowest BCUT2D eigenvalue weighted by Gasteiger charge is -2.34. The van der Waals surface area contributed by atoms with E-state index in [9.17, 15) is 4.79 Å². The fraction of sp³-hybridized carbons (Fsp3) is 0.500. The number of hydrogen-bond acceptors (Lipinski definition) is 6. The second-order valence-corrected chi connectivity index (χ2v) is 11.4. The van der Waals surface area contributed by atoms with Crippen molar-refractivity contribution >= 4 is 11.6 Å². The zero-order valence-electron chi connectivity index (χ0n) is 22.4. The highest BCUT2D eigenvalue weighted by Crippen LogP contribution is 2.27. The number of anilines is 1. The number of amides is 1. The summed E-state index contributed by atoms with van der Waals surface area (Å²) in [4.78, 5) is 19.7. The molecule has 38 heavy (non-hydrogen) atoms. The van der Waals surface area contributed by atoms with Crippen LogP contribution in [0.2, 0.25) is 0 Å². The van der Waals surface area contributed by atoms with E-state index in [1.165, 1.54) is 0 Å². The number of likely N-dealkylation sites (tertiary alicyclic amines) is 1. The number of piperidine rings is 1. The number of nitrogens with one attached hydrogen (secondary N) is 2. The maximum absolute atomic E-state index is 12.6. The van der Waals surface area contributed by atoms with Crippen LogP contribution >= 0.6 is 0 Å². The molecule has 1 aliphatic carbocycles. The molecule has 0 radical (unpaired) electrons. The molecule has 4 heterocycles. The number of carbonyl (C=O) groups excluding carboxylic acids is 1. The van der Waals surface area contributed by atoms with Crippen molar-refractivity contribution in [2.24, 2.45) is 11.8 Å². The Bertz CT molecular complexity index is 1280. The van der Waals surface area contributed by atoms with Crippen LogP contribution in [0.3, 0.4) is 0 Å². The Labute approximate surface area is 224 Å². The van der Waals surface area contributed by atoms with Crippen LogP contribution in [0.4, 0.5) is 5.69 Å². The van der Waals surface area contributed by atoms with Gasteiger partial charge in [0, 0.05) is 55.6 Å². The smallest absolute Gasteiger partial charge is 0.251 e. The minimum absolute atomic E-state index is 0.00272. The van der Waals surface area contributed by atoms with Crippen LogP contribution in [-0.2, 0) is 4.74 Å². The molecule has 0 spiro atoms. The van der Waals surface area contributed by atoms with Crippen molar-refractivity contribution in [1.82, 2.24) is 25.0 Å². The maximum Gasteiger partial charge on any atom is 0.251 e. The highest BCUT2D eigenvalue weighted by atomic mass is 16.5. The van der Waals surface area contributed by atoms with Crippen LogP contribution in [0.15, 0.2) is 49.1 Å². The summed E-state index contributed by atoms with van der Waals surface area (Å²) >= 11 is 0. The second-order valence-electron chi connectivity index (χ2n) is 11.4. The molecule has 8 nitrogen and oxygen atoms in total. The Morgan fingerprint density at radius 3 is 2.66 bits per heavy atom. The van der Waals surface area contributed by atoms with Gasteiger partial charge < -0.3 is 20.3 Å². The lowest BCUT2D eigenvalue weighted by Crippen LogP contribution is -2.42. The third-order valence-corrected chi connectivity index (χ3v) is 8.26. The molecule has 1 aromatic carbocycles. The lowest BCUT2D eigenvalue weighted by molar-refractivity contribution is 0.0951. The fourth-order valence-electron chi connectivity index (χ4n) is 5.57. The number of benzene rings is 1. The standard InChI is InChI=1S/C30H38N6O2/c1-20-3-4-22(30(37)34-25-5-6-25)11-29(20)23-13-32-36(17-23)28-12-27(14-31-15-28)33-26-7-9-35(10-8-26)16-24-19-38-18-21(24)2/h3-4,11-15,17,21,24-26,33H,5-10,16,18-19H2,1-2H3,(H,34,37). The predicted octanol–water partition coefficient (Wildman–Crippen LogP) is 4.29. The molecule has 2 N–H and O–H groups in total. The van der Waals surface area contributed by atoms with Crippen molar-refractivity contribution in [2.45, 2.75) is 51.6 Å². The van der Waals surface area contributed by atoms with Gasteiger partial charge in [0.25, 0.3) is 5.91 Å². The van der Waals surface area contributed by atoms with E-state index >= 15 is 0 Å². The van der Waals surface area contributed by atoms with E-state index in [1.54, 1.807) is 0 Å². The van der Waals surface area contributed by atoms with Crippen molar-refractivity contribution in [2.75, 3.05) is 38.2 Å². The largest absolute Gasteiger partial charge is 0.381 e. The molecule has 1 saturated carbocycles. The summed E-state index contributed by atoms with van der Waals surface area (Å²) in [5.41, 5.74) is 5.74. The molecule has 3 aliphatic rings. The van der Waals surface area contributed by atoms with Gasteiger partial charge in [0.15, 0.2) is 0 Å². The molecular formula is C30H38N6O2. The zero-order valence-corrected chi connectivity index (χ0v) is 22.4. The van der Waals surface area contributed by atoms with Gasteiger partial charge in [0.2, 0.25) is 0 Å². The summed E-state index contributed by atoms with van der Waals surface area (Å²) in [5, 5.41) is 11.4. The van der Waals surface area contributed by atoms with Gasteiger partial charge in [-0.15, -0.1) is 0 Å². The Morgan fingerprint density at radius 2 is 1.89 bits per heavy atom. The SMILES string of the molecule is Cc1ccc(C(=O)NC2CC2)cc1-c1cnn(-c2cncc(NC3CCN(CC4COCC4C)CC3)c2)c1. The number of rotatable bonds is 8. The van der Waals surface area contributed by atoms with Crippen molar-refractivity contribution in [3.63, 3.8) is 0 Å². The number of pyridine rings is 1. The van der Waals surface area contributed by atoms with Crippen LogP contribution in [-0.4, -0.2) is 70.5 Å². The molecule has 3 fully saturated rings. The molecule has 2 unspecified atom stereocenters.